The largest absolute Gasteiger partial charge is 0.397 e. The van der Waals surface area contributed by atoms with E-state index in [1.54, 1.807) is 18.3 Å². The van der Waals surface area contributed by atoms with Gasteiger partial charge in [-0.15, -0.1) is 0 Å². The number of rotatable bonds is 3. The minimum absolute atomic E-state index is 0.0200. The molecule has 1 saturated carbocycles. The SMILES string of the molecule is O=[N+]([O-])c1ccc(C2(O)C[n+]3cccnc3N2C2CC2)cc1. The Bertz CT molecular complexity index is 745. The van der Waals surface area contributed by atoms with Crippen LogP contribution in [-0.2, 0) is 12.3 Å². The van der Waals surface area contributed by atoms with E-state index < -0.39 is 10.6 Å². The van der Waals surface area contributed by atoms with E-state index in [1.807, 2.05) is 21.7 Å². The normalized spacial score (nSPS) is 23.4. The van der Waals surface area contributed by atoms with Crippen molar-refractivity contribution in [2.45, 2.75) is 31.2 Å². The van der Waals surface area contributed by atoms with Crippen molar-refractivity contribution in [3.63, 3.8) is 0 Å². The molecule has 1 fully saturated rings. The number of hydrogen-bond donors (Lipinski definition) is 1. The van der Waals surface area contributed by atoms with E-state index in [0.29, 0.717) is 12.1 Å². The van der Waals surface area contributed by atoms with Crippen molar-refractivity contribution in [1.29, 1.82) is 0 Å². The van der Waals surface area contributed by atoms with E-state index in [0.717, 1.165) is 18.8 Å². The van der Waals surface area contributed by atoms with Crippen LogP contribution in [0.2, 0.25) is 0 Å². The molecule has 2 aliphatic rings. The highest BCUT2D eigenvalue weighted by molar-refractivity contribution is 5.44. The molecule has 1 aromatic heterocycles. The molecule has 4 rings (SSSR count). The molecule has 1 aromatic carbocycles. The van der Waals surface area contributed by atoms with Crippen molar-refractivity contribution in [3.8, 4) is 0 Å². The lowest BCUT2D eigenvalue weighted by Crippen LogP contribution is -2.46. The van der Waals surface area contributed by atoms with Crippen LogP contribution in [0.4, 0.5) is 11.6 Å². The first-order valence-corrected chi connectivity index (χ1v) is 7.21. The zero-order valence-electron chi connectivity index (χ0n) is 11.8. The average molecular weight is 299 g/mol. The molecular weight excluding hydrogens is 284 g/mol. The number of nitro benzene ring substituents is 1. The average Bonchev–Trinajstić information content (AvgIpc) is 3.29. The van der Waals surface area contributed by atoms with Gasteiger partial charge in [-0.25, -0.2) is 9.47 Å². The van der Waals surface area contributed by atoms with Crippen LogP contribution in [0.3, 0.4) is 0 Å². The van der Waals surface area contributed by atoms with Gasteiger partial charge in [-0.1, -0.05) is 4.98 Å². The maximum Gasteiger partial charge on any atom is 0.397 e. The van der Waals surface area contributed by atoms with Gasteiger partial charge in [0.2, 0.25) is 5.72 Å². The Morgan fingerprint density at radius 3 is 2.73 bits per heavy atom. The Morgan fingerprint density at radius 2 is 2.09 bits per heavy atom. The molecule has 2 aromatic rings. The monoisotopic (exact) mass is 299 g/mol. The molecule has 1 aliphatic heterocycles. The summed E-state index contributed by atoms with van der Waals surface area (Å²) >= 11 is 0. The molecule has 1 atom stereocenters. The second-order valence-corrected chi connectivity index (χ2v) is 5.77. The Balaban J connectivity index is 1.78. The second kappa shape index (κ2) is 4.48. The van der Waals surface area contributed by atoms with Crippen molar-refractivity contribution in [2.24, 2.45) is 0 Å². The van der Waals surface area contributed by atoms with E-state index in [-0.39, 0.29) is 11.7 Å². The number of anilines is 1. The number of aromatic nitrogens is 2. The van der Waals surface area contributed by atoms with Crippen LogP contribution in [0.25, 0.3) is 0 Å². The third-order valence-electron chi connectivity index (χ3n) is 4.26. The zero-order valence-corrected chi connectivity index (χ0v) is 11.8. The van der Waals surface area contributed by atoms with E-state index >= 15 is 0 Å². The summed E-state index contributed by atoms with van der Waals surface area (Å²) in [5.41, 5.74) is -0.542. The molecule has 2 heterocycles. The fourth-order valence-electron chi connectivity index (χ4n) is 3.07. The van der Waals surface area contributed by atoms with E-state index in [1.165, 1.54) is 12.1 Å². The lowest BCUT2D eigenvalue weighted by atomic mass is 10.0. The molecule has 0 amide bonds. The van der Waals surface area contributed by atoms with Crippen LogP contribution in [0.1, 0.15) is 18.4 Å². The highest BCUT2D eigenvalue weighted by Gasteiger charge is 2.57. The second-order valence-electron chi connectivity index (χ2n) is 5.77. The van der Waals surface area contributed by atoms with Crippen LogP contribution >= 0.6 is 0 Å². The van der Waals surface area contributed by atoms with Gasteiger partial charge in [-0.2, -0.15) is 0 Å². The van der Waals surface area contributed by atoms with Gasteiger partial charge in [0.15, 0.2) is 0 Å². The van der Waals surface area contributed by atoms with Crippen molar-refractivity contribution < 1.29 is 14.6 Å². The smallest absolute Gasteiger partial charge is 0.353 e. The molecule has 0 bridgehead atoms. The van der Waals surface area contributed by atoms with Crippen LogP contribution < -0.4 is 9.47 Å². The minimum Gasteiger partial charge on any atom is -0.353 e. The number of nitrogens with zero attached hydrogens (tertiary/aromatic N) is 4. The highest BCUT2D eigenvalue weighted by atomic mass is 16.6. The maximum atomic E-state index is 11.3. The molecule has 0 spiro atoms. The summed E-state index contributed by atoms with van der Waals surface area (Å²) in [7, 11) is 0. The van der Waals surface area contributed by atoms with Crippen LogP contribution in [0, 0.1) is 10.1 Å². The fourth-order valence-corrected chi connectivity index (χ4v) is 3.07. The summed E-state index contributed by atoms with van der Waals surface area (Å²) in [5, 5.41) is 22.1. The molecule has 112 valence electrons. The van der Waals surface area contributed by atoms with Crippen molar-refractivity contribution >= 4 is 11.6 Å². The third kappa shape index (κ3) is 1.86. The molecule has 7 heteroatoms. The van der Waals surface area contributed by atoms with Crippen LogP contribution in [0.5, 0.6) is 0 Å². The number of fused-ring (bicyclic) bond motifs is 1. The topological polar surface area (TPSA) is 83.4 Å². The Morgan fingerprint density at radius 1 is 1.36 bits per heavy atom. The number of aliphatic hydroxyl groups is 1. The van der Waals surface area contributed by atoms with Crippen LogP contribution in [0.15, 0.2) is 42.7 Å². The summed E-state index contributed by atoms with van der Waals surface area (Å²) in [6.07, 6.45) is 5.64. The van der Waals surface area contributed by atoms with Gasteiger partial charge in [0.05, 0.1) is 17.2 Å². The molecular formula is C15H15N4O3+. The quantitative estimate of drug-likeness (QED) is 0.521. The molecule has 0 radical (unpaired) electrons. The first-order valence-electron chi connectivity index (χ1n) is 7.21. The van der Waals surface area contributed by atoms with Gasteiger partial charge in [0.1, 0.15) is 12.7 Å². The summed E-state index contributed by atoms with van der Waals surface area (Å²) in [6, 6.07) is 8.21. The predicted octanol–water partition coefficient (Wildman–Crippen LogP) is 1.10. The summed E-state index contributed by atoms with van der Waals surface area (Å²) in [5.74, 6) is 0.742. The predicted molar refractivity (Wildman–Crippen MR) is 76.9 cm³/mol. The number of nitro groups is 1. The Labute approximate surface area is 126 Å². The van der Waals surface area contributed by atoms with Crippen LogP contribution in [-0.4, -0.2) is 21.1 Å². The highest BCUT2D eigenvalue weighted by Crippen LogP contribution is 2.42. The third-order valence-corrected chi connectivity index (χ3v) is 4.26. The van der Waals surface area contributed by atoms with E-state index in [4.69, 9.17) is 0 Å². The summed E-state index contributed by atoms with van der Waals surface area (Å²) in [4.78, 5) is 16.7. The molecule has 22 heavy (non-hydrogen) atoms. The Hall–Kier alpha value is -2.54. The number of benzene rings is 1. The zero-order chi connectivity index (χ0) is 15.3. The Kier molecular flexibility index (Phi) is 2.67. The molecule has 0 saturated heterocycles. The molecule has 7 nitrogen and oxygen atoms in total. The number of non-ortho nitro benzene ring substituents is 1. The van der Waals surface area contributed by atoms with Crippen molar-refractivity contribution in [3.05, 3.63) is 58.4 Å². The summed E-state index contributed by atoms with van der Waals surface area (Å²) < 4.78 is 1.92. The van der Waals surface area contributed by atoms with Gasteiger partial charge in [0, 0.05) is 23.8 Å². The maximum absolute atomic E-state index is 11.3. The van der Waals surface area contributed by atoms with Crippen molar-refractivity contribution in [2.75, 3.05) is 4.90 Å². The van der Waals surface area contributed by atoms with Gasteiger partial charge in [-0.3, -0.25) is 10.1 Å². The number of hydrogen-bond acceptors (Lipinski definition) is 5. The van der Waals surface area contributed by atoms with Gasteiger partial charge < -0.3 is 5.11 Å². The lowest BCUT2D eigenvalue weighted by molar-refractivity contribution is -0.685. The van der Waals surface area contributed by atoms with Crippen molar-refractivity contribution in [1.82, 2.24) is 4.98 Å². The van der Waals surface area contributed by atoms with Gasteiger partial charge in [-0.05, 0) is 25.0 Å². The van der Waals surface area contributed by atoms with E-state index in [9.17, 15) is 15.2 Å². The lowest BCUT2D eigenvalue weighted by Gasteiger charge is -2.28. The minimum atomic E-state index is -1.21. The first-order chi connectivity index (χ1) is 10.6. The standard InChI is InChI=1S/C15H15N4O3/c20-15(11-2-4-13(5-3-11)19(21)22)10-17-9-1-8-16-14(17)18(15)12-6-7-12/h1-5,8-9,12,20H,6-7,10H2/q+1. The molecule has 1 aliphatic carbocycles. The first kappa shape index (κ1) is 13.1. The van der Waals surface area contributed by atoms with Gasteiger partial charge in [0.25, 0.3) is 5.69 Å². The molecule has 1 unspecified atom stereocenters. The molecule has 1 N–H and O–H groups in total. The summed E-state index contributed by atoms with van der Waals surface area (Å²) in [6.45, 7) is 0.366. The van der Waals surface area contributed by atoms with Gasteiger partial charge >= 0.3 is 5.95 Å². The van der Waals surface area contributed by atoms with E-state index in [2.05, 4.69) is 4.98 Å². The fraction of sp³-hybridized carbons (Fsp3) is 0.333.